The molecule has 0 radical (unpaired) electrons. The van der Waals surface area contributed by atoms with Gasteiger partial charge in [0.2, 0.25) is 0 Å². The van der Waals surface area contributed by atoms with Gasteiger partial charge in [-0.05, 0) is 30.3 Å². The van der Waals surface area contributed by atoms with Gasteiger partial charge in [-0.15, -0.1) is 0 Å². The second-order valence-electron chi connectivity index (χ2n) is 6.41. The van der Waals surface area contributed by atoms with E-state index in [0.29, 0.717) is 22.3 Å². The monoisotopic (exact) mass is 454 g/mol. The van der Waals surface area contributed by atoms with Gasteiger partial charge in [-0.3, -0.25) is 25.0 Å². The number of halogens is 1. The second kappa shape index (κ2) is 8.32. The minimum atomic E-state index is -0.662. The molecule has 0 aliphatic rings. The molecule has 4 aromatic rings. The molecule has 0 saturated heterocycles. The summed E-state index contributed by atoms with van der Waals surface area (Å²) in [5.74, 6) is -0.0905. The van der Waals surface area contributed by atoms with Crippen molar-refractivity contribution in [3.05, 3.63) is 91.4 Å². The van der Waals surface area contributed by atoms with E-state index >= 15 is 0 Å². The summed E-state index contributed by atoms with van der Waals surface area (Å²) in [6.07, 6.45) is 1.24. The molecule has 11 nitrogen and oxygen atoms in total. The van der Waals surface area contributed by atoms with Gasteiger partial charge in [0.15, 0.2) is 5.76 Å². The number of hydrogen-bond donors (Lipinski definition) is 1. The minimum Gasteiger partial charge on any atom is -0.455 e. The van der Waals surface area contributed by atoms with E-state index in [9.17, 15) is 25.0 Å². The molecule has 0 spiro atoms. The summed E-state index contributed by atoms with van der Waals surface area (Å²) in [4.78, 5) is 32.8. The Balaban J connectivity index is 1.45. The first kappa shape index (κ1) is 20.8. The van der Waals surface area contributed by atoms with Gasteiger partial charge in [0, 0.05) is 35.2 Å². The Labute approximate surface area is 183 Å². The van der Waals surface area contributed by atoms with Gasteiger partial charge >= 0.3 is 5.91 Å². The molecule has 0 aliphatic carbocycles. The molecule has 2 heterocycles. The number of hydrogen-bond acceptors (Lipinski definition) is 8. The SMILES string of the molecule is O=C(N/N=C\c1ccc(-c2ccc([N+](=O)[O-])cc2Cl)o1)c1cc2cc([N+](=O)[O-])ccc2o1. The summed E-state index contributed by atoms with van der Waals surface area (Å²) < 4.78 is 11.0. The molecule has 1 amide bonds. The second-order valence-corrected chi connectivity index (χ2v) is 6.82. The predicted molar refractivity (Wildman–Crippen MR) is 114 cm³/mol. The Morgan fingerprint density at radius 2 is 1.69 bits per heavy atom. The molecular formula is C20H11ClN4O7. The fraction of sp³-hybridized carbons (Fsp3) is 0. The third kappa shape index (κ3) is 4.18. The van der Waals surface area contributed by atoms with Crippen molar-refractivity contribution in [3.8, 4) is 11.3 Å². The lowest BCUT2D eigenvalue weighted by molar-refractivity contribution is -0.385. The van der Waals surface area contributed by atoms with Crippen LogP contribution in [0.4, 0.5) is 11.4 Å². The van der Waals surface area contributed by atoms with Gasteiger partial charge in [0.05, 0.1) is 21.1 Å². The molecule has 2 aromatic heterocycles. The van der Waals surface area contributed by atoms with Gasteiger partial charge in [-0.1, -0.05) is 11.6 Å². The molecule has 1 N–H and O–H groups in total. The van der Waals surface area contributed by atoms with E-state index in [1.54, 1.807) is 12.1 Å². The number of hydrazone groups is 1. The number of fused-ring (bicyclic) bond motifs is 1. The minimum absolute atomic E-state index is 0.0737. The molecule has 160 valence electrons. The zero-order valence-electron chi connectivity index (χ0n) is 15.9. The summed E-state index contributed by atoms with van der Waals surface area (Å²) in [5.41, 5.74) is 2.78. The van der Waals surface area contributed by atoms with Crippen molar-refractivity contribution >= 4 is 46.1 Å². The highest BCUT2D eigenvalue weighted by Gasteiger charge is 2.15. The number of carbonyl (C=O) groups excluding carboxylic acids is 1. The highest BCUT2D eigenvalue weighted by molar-refractivity contribution is 6.33. The number of nitro groups is 2. The molecule has 0 unspecified atom stereocenters. The van der Waals surface area contributed by atoms with Crippen molar-refractivity contribution in [2.24, 2.45) is 5.10 Å². The fourth-order valence-corrected chi connectivity index (χ4v) is 3.12. The number of carbonyl (C=O) groups is 1. The van der Waals surface area contributed by atoms with Gasteiger partial charge in [0.1, 0.15) is 17.1 Å². The summed E-state index contributed by atoms with van der Waals surface area (Å²) in [7, 11) is 0. The van der Waals surface area contributed by atoms with E-state index in [0.717, 1.165) is 0 Å². The molecule has 32 heavy (non-hydrogen) atoms. The largest absolute Gasteiger partial charge is 0.455 e. The van der Waals surface area contributed by atoms with Crippen LogP contribution in [0, 0.1) is 20.2 Å². The van der Waals surface area contributed by atoms with E-state index in [1.165, 1.54) is 48.7 Å². The van der Waals surface area contributed by atoms with E-state index in [1.807, 2.05) is 0 Å². The zero-order chi connectivity index (χ0) is 22.8. The Bertz CT molecular complexity index is 1410. The molecule has 0 aliphatic heterocycles. The van der Waals surface area contributed by atoms with E-state index in [2.05, 4.69) is 10.5 Å². The van der Waals surface area contributed by atoms with Crippen LogP contribution in [0.1, 0.15) is 16.3 Å². The van der Waals surface area contributed by atoms with E-state index in [-0.39, 0.29) is 27.9 Å². The maximum Gasteiger partial charge on any atom is 0.307 e. The van der Waals surface area contributed by atoms with Crippen LogP contribution >= 0.6 is 11.6 Å². The first-order valence-corrected chi connectivity index (χ1v) is 9.25. The summed E-state index contributed by atoms with van der Waals surface area (Å²) in [6.45, 7) is 0. The average molecular weight is 455 g/mol. The van der Waals surface area contributed by atoms with Crippen molar-refractivity contribution in [2.45, 2.75) is 0 Å². The molecule has 4 rings (SSSR count). The molecule has 0 bridgehead atoms. The number of nitro benzene ring substituents is 2. The van der Waals surface area contributed by atoms with Gasteiger partial charge in [-0.25, -0.2) is 5.43 Å². The zero-order valence-corrected chi connectivity index (χ0v) is 16.6. The molecular weight excluding hydrogens is 444 g/mol. The maximum atomic E-state index is 12.2. The standard InChI is InChI=1S/C20H11ClN4O7/c21-16-9-13(25(29)30)1-4-15(16)18-6-3-14(31-18)10-22-23-20(26)19-8-11-7-12(24(27)28)2-5-17(11)32-19/h1-10H,(H,23,26)/b22-10-. The average Bonchev–Trinajstić information content (AvgIpc) is 3.40. The van der Waals surface area contributed by atoms with E-state index in [4.69, 9.17) is 20.4 Å². The van der Waals surface area contributed by atoms with E-state index < -0.39 is 15.8 Å². The molecule has 0 fully saturated rings. The van der Waals surface area contributed by atoms with Crippen molar-refractivity contribution < 1.29 is 23.5 Å². The summed E-state index contributed by atoms with van der Waals surface area (Å²) in [6, 6.07) is 12.5. The topological polar surface area (TPSA) is 154 Å². The Morgan fingerprint density at radius 3 is 2.41 bits per heavy atom. The third-order valence-corrected chi connectivity index (χ3v) is 4.66. The molecule has 2 aromatic carbocycles. The lowest BCUT2D eigenvalue weighted by atomic mass is 10.1. The number of rotatable bonds is 6. The van der Waals surface area contributed by atoms with Gasteiger partial charge in [-0.2, -0.15) is 5.10 Å². The van der Waals surface area contributed by atoms with Crippen molar-refractivity contribution in [1.82, 2.24) is 5.43 Å². The number of nitrogens with zero attached hydrogens (tertiary/aromatic N) is 3. The summed E-state index contributed by atoms with van der Waals surface area (Å²) in [5, 5.41) is 26.0. The fourth-order valence-electron chi connectivity index (χ4n) is 2.85. The number of benzene rings is 2. The van der Waals surface area contributed by atoms with Gasteiger partial charge in [0.25, 0.3) is 11.4 Å². The molecule has 12 heteroatoms. The van der Waals surface area contributed by atoms with Crippen molar-refractivity contribution in [2.75, 3.05) is 0 Å². The number of furan rings is 2. The van der Waals surface area contributed by atoms with Crippen molar-refractivity contribution in [1.29, 1.82) is 0 Å². The maximum absolute atomic E-state index is 12.2. The Hall–Kier alpha value is -4.51. The highest BCUT2D eigenvalue weighted by Crippen LogP contribution is 2.32. The Kier molecular flexibility index (Phi) is 5.39. The van der Waals surface area contributed by atoms with Crippen LogP contribution in [0.15, 0.2) is 68.5 Å². The molecule has 0 atom stereocenters. The smallest absolute Gasteiger partial charge is 0.307 e. The number of non-ortho nitro benzene ring substituents is 2. The first-order valence-electron chi connectivity index (χ1n) is 8.87. The number of amides is 1. The number of nitrogens with one attached hydrogen (secondary N) is 1. The van der Waals surface area contributed by atoms with Crippen LogP contribution in [0.2, 0.25) is 5.02 Å². The normalized spacial score (nSPS) is 11.2. The lowest BCUT2D eigenvalue weighted by Gasteiger charge is -2.00. The van der Waals surface area contributed by atoms with Crippen LogP contribution in [-0.4, -0.2) is 22.0 Å². The Morgan fingerprint density at radius 1 is 0.969 bits per heavy atom. The highest BCUT2D eigenvalue weighted by atomic mass is 35.5. The van der Waals surface area contributed by atoms with Crippen LogP contribution in [-0.2, 0) is 0 Å². The molecule has 0 saturated carbocycles. The van der Waals surface area contributed by atoms with Gasteiger partial charge < -0.3 is 8.83 Å². The van der Waals surface area contributed by atoms with Crippen LogP contribution in [0.3, 0.4) is 0 Å². The lowest BCUT2D eigenvalue weighted by Crippen LogP contribution is -2.16. The van der Waals surface area contributed by atoms with Crippen LogP contribution in [0.25, 0.3) is 22.3 Å². The van der Waals surface area contributed by atoms with Crippen molar-refractivity contribution in [3.63, 3.8) is 0 Å². The predicted octanol–water partition coefficient (Wildman–Crippen LogP) is 4.93. The third-order valence-electron chi connectivity index (χ3n) is 4.35. The summed E-state index contributed by atoms with van der Waals surface area (Å²) >= 11 is 6.09. The van der Waals surface area contributed by atoms with Crippen LogP contribution in [0.5, 0.6) is 0 Å². The quantitative estimate of drug-likeness (QED) is 0.246. The first-order chi connectivity index (χ1) is 15.3. The van der Waals surface area contributed by atoms with Crippen LogP contribution < -0.4 is 5.43 Å².